The number of urea groups is 1. The molecule has 0 aromatic carbocycles. The Morgan fingerprint density at radius 3 is 2.96 bits per heavy atom. The van der Waals surface area contributed by atoms with E-state index >= 15 is 0 Å². The van der Waals surface area contributed by atoms with Crippen molar-refractivity contribution in [1.82, 2.24) is 29.8 Å². The molecule has 1 saturated heterocycles. The quantitative estimate of drug-likeness (QED) is 0.205. The number of aromatic amines is 1. The zero-order valence-electron chi connectivity index (χ0n) is 14.2. The van der Waals surface area contributed by atoms with Gasteiger partial charge in [-0.1, -0.05) is 0 Å². The number of nitrogens with zero attached hydrogens (tertiary/aromatic N) is 5. The molecule has 4 atom stereocenters. The molecule has 3 rings (SSSR count). The number of anilines is 1. The minimum absolute atomic E-state index is 0.0380. The lowest BCUT2D eigenvalue weighted by Gasteiger charge is -2.24. The van der Waals surface area contributed by atoms with Crippen molar-refractivity contribution in [1.29, 1.82) is 0 Å². The van der Waals surface area contributed by atoms with Gasteiger partial charge >= 0.3 is 6.03 Å². The van der Waals surface area contributed by atoms with Gasteiger partial charge in [0.1, 0.15) is 18.2 Å². The van der Waals surface area contributed by atoms with Crippen LogP contribution >= 0.6 is 11.6 Å². The van der Waals surface area contributed by atoms with Crippen molar-refractivity contribution in [2.24, 2.45) is 5.29 Å². The lowest BCUT2D eigenvalue weighted by Crippen LogP contribution is -2.50. The average Bonchev–Trinajstić information content (AvgIpc) is 3.21. The normalized spacial score (nSPS) is 24.4. The highest BCUT2D eigenvalue weighted by Gasteiger charge is 2.46. The van der Waals surface area contributed by atoms with Crippen molar-refractivity contribution >= 4 is 34.7 Å². The predicted octanol–water partition coefficient (Wildman–Crippen LogP) is -1.75. The monoisotopic (exact) mass is 416 g/mol. The molecule has 3 heterocycles. The van der Waals surface area contributed by atoms with E-state index in [1.165, 1.54) is 10.9 Å². The highest BCUT2D eigenvalue weighted by molar-refractivity contribution is 6.18. The second-order valence-electron chi connectivity index (χ2n) is 5.88. The highest BCUT2D eigenvalue weighted by atomic mass is 35.5. The summed E-state index contributed by atoms with van der Waals surface area (Å²) in [4.78, 5) is 45.3. The maximum absolute atomic E-state index is 12.3. The molecule has 14 nitrogen and oxygen atoms in total. The minimum atomic E-state index is -1.35. The number of fused-ring (bicyclic) bond motifs is 1. The molecule has 0 bridgehead atoms. The SMILES string of the molecule is Nc1nc2c(ncn2[C@@H]2O[C@H](CO)[C@@H](O)[C@H]2NC(=O)N(CCCl)N=O)c(=O)[nH]1. The third-order valence-electron chi connectivity index (χ3n) is 4.19. The number of imidazole rings is 1. The van der Waals surface area contributed by atoms with Crippen LogP contribution in [-0.2, 0) is 4.74 Å². The van der Waals surface area contributed by atoms with Crippen molar-refractivity contribution in [3.63, 3.8) is 0 Å². The number of H-pyrrole nitrogens is 1. The molecule has 2 aromatic rings. The van der Waals surface area contributed by atoms with E-state index in [9.17, 15) is 24.7 Å². The molecule has 0 saturated carbocycles. The van der Waals surface area contributed by atoms with E-state index < -0.39 is 42.7 Å². The summed E-state index contributed by atoms with van der Waals surface area (Å²) in [5, 5.41) is 25.4. The first-order valence-electron chi connectivity index (χ1n) is 8.05. The molecule has 1 aliphatic rings. The van der Waals surface area contributed by atoms with Gasteiger partial charge in [0.25, 0.3) is 5.56 Å². The van der Waals surface area contributed by atoms with Crippen molar-refractivity contribution in [2.45, 2.75) is 24.5 Å². The predicted molar refractivity (Wildman–Crippen MR) is 95.1 cm³/mol. The van der Waals surface area contributed by atoms with Crippen molar-refractivity contribution in [3.05, 3.63) is 21.6 Å². The average molecular weight is 417 g/mol. The molecule has 2 aromatic heterocycles. The summed E-state index contributed by atoms with van der Waals surface area (Å²) in [7, 11) is 0. The van der Waals surface area contributed by atoms with E-state index in [0.29, 0.717) is 5.01 Å². The van der Waals surface area contributed by atoms with Gasteiger partial charge in [0.05, 0.1) is 24.8 Å². The standard InChI is InChI=1S/C13H17ClN8O6/c14-1-2-22(20-27)13(26)17-6-8(24)5(3-23)28-11(6)21-4-16-7-9(21)18-12(15)19-10(7)25/h4-6,8,11,23-24H,1-3H2,(H,17,26)(H3,15,18,19,25)/t5-,6-,8-,11-/m1/s1. The van der Waals surface area contributed by atoms with Crippen LogP contribution in [0.1, 0.15) is 6.23 Å². The Morgan fingerprint density at radius 2 is 2.32 bits per heavy atom. The first-order chi connectivity index (χ1) is 13.4. The molecule has 1 fully saturated rings. The summed E-state index contributed by atoms with van der Waals surface area (Å²) in [6.07, 6.45) is -2.30. The molecule has 1 aliphatic heterocycles. The number of nitrogens with two attached hydrogens (primary N) is 1. The van der Waals surface area contributed by atoms with E-state index in [-0.39, 0.29) is 29.5 Å². The second-order valence-corrected chi connectivity index (χ2v) is 6.26. The molecule has 152 valence electrons. The number of hydrogen-bond acceptors (Lipinski definition) is 10. The number of carbonyl (C=O) groups excluding carboxylic acids is 1. The minimum Gasteiger partial charge on any atom is -0.394 e. The molecule has 0 radical (unpaired) electrons. The van der Waals surface area contributed by atoms with Crippen LogP contribution < -0.4 is 16.6 Å². The maximum atomic E-state index is 12.3. The van der Waals surface area contributed by atoms with Crippen LogP contribution in [0.3, 0.4) is 0 Å². The van der Waals surface area contributed by atoms with E-state index in [2.05, 4.69) is 25.6 Å². The molecular weight excluding hydrogens is 400 g/mol. The fourth-order valence-corrected chi connectivity index (χ4v) is 3.06. The van der Waals surface area contributed by atoms with Gasteiger partial charge in [-0.25, -0.2) is 9.78 Å². The molecule has 6 N–H and O–H groups in total. The van der Waals surface area contributed by atoms with Gasteiger partial charge in [0, 0.05) is 5.88 Å². The zero-order chi connectivity index (χ0) is 20.4. The Morgan fingerprint density at radius 1 is 1.57 bits per heavy atom. The first kappa shape index (κ1) is 19.9. The number of nitroso groups, excluding NO2 is 1. The van der Waals surface area contributed by atoms with Crippen LogP contribution in [0, 0.1) is 4.91 Å². The third-order valence-corrected chi connectivity index (χ3v) is 4.36. The largest absolute Gasteiger partial charge is 0.394 e. The Bertz CT molecular complexity index is 933. The molecule has 15 heteroatoms. The molecule has 2 amide bonds. The Kier molecular flexibility index (Phi) is 5.73. The number of nitrogen functional groups attached to an aromatic ring is 1. The van der Waals surface area contributed by atoms with Crippen LogP contribution in [-0.4, -0.2) is 78.1 Å². The van der Waals surface area contributed by atoms with Gasteiger partial charge in [-0.05, 0) is 0 Å². The van der Waals surface area contributed by atoms with Crippen LogP contribution in [0.25, 0.3) is 11.2 Å². The number of amides is 2. The van der Waals surface area contributed by atoms with Crippen molar-refractivity contribution < 1.29 is 19.7 Å². The zero-order valence-corrected chi connectivity index (χ0v) is 15.0. The first-order valence-corrected chi connectivity index (χ1v) is 8.58. The third kappa shape index (κ3) is 3.49. The van der Waals surface area contributed by atoms with Gasteiger partial charge in [-0.15, -0.1) is 16.5 Å². The van der Waals surface area contributed by atoms with Gasteiger partial charge < -0.3 is 26.0 Å². The Hall–Kier alpha value is -2.81. The van der Waals surface area contributed by atoms with Gasteiger partial charge in [-0.3, -0.25) is 14.3 Å². The van der Waals surface area contributed by atoms with E-state index in [4.69, 9.17) is 22.1 Å². The molecular formula is C13H17ClN8O6. The molecule has 0 unspecified atom stereocenters. The number of alkyl halides is 1. The summed E-state index contributed by atoms with van der Waals surface area (Å²) >= 11 is 5.52. The van der Waals surface area contributed by atoms with Gasteiger partial charge in [-0.2, -0.15) is 9.99 Å². The number of hydrogen-bond donors (Lipinski definition) is 5. The summed E-state index contributed by atoms with van der Waals surface area (Å²) < 4.78 is 6.89. The Balaban J connectivity index is 1.97. The lowest BCUT2D eigenvalue weighted by atomic mass is 10.1. The van der Waals surface area contributed by atoms with Crippen molar-refractivity contribution in [3.8, 4) is 0 Å². The second kappa shape index (κ2) is 8.05. The van der Waals surface area contributed by atoms with E-state index in [1.54, 1.807) is 0 Å². The van der Waals surface area contributed by atoms with Crippen LogP contribution in [0.5, 0.6) is 0 Å². The van der Waals surface area contributed by atoms with Gasteiger partial charge in [0.15, 0.2) is 17.4 Å². The number of ether oxygens (including phenoxy) is 1. The summed E-state index contributed by atoms with van der Waals surface area (Å²) in [5.74, 6) is -0.209. The number of aliphatic hydroxyl groups is 2. The number of carbonyl (C=O) groups is 1. The van der Waals surface area contributed by atoms with Crippen LogP contribution in [0.2, 0.25) is 0 Å². The number of aliphatic hydroxyl groups excluding tert-OH is 2. The fourth-order valence-electron chi connectivity index (χ4n) is 2.90. The molecule has 0 aliphatic carbocycles. The van der Waals surface area contributed by atoms with Gasteiger partial charge in [0.2, 0.25) is 5.95 Å². The highest BCUT2D eigenvalue weighted by Crippen LogP contribution is 2.31. The summed E-state index contributed by atoms with van der Waals surface area (Å²) in [6, 6.07) is -2.06. The fraction of sp³-hybridized carbons (Fsp3) is 0.538. The number of nitrogens with one attached hydrogen (secondary N) is 2. The summed E-state index contributed by atoms with van der Waals surface area (Å²) in [5.41, 5.74) is 4.98. The number of halogens is 1. The number of aromatic nitrogens is 4. The molecule has 28 heavy (non-hydrogen) atoms. The van der Waals surface area contributed by atoms with Crippen LogP contribution in [0.4, 0.5) is 10.7 Å². The number of rotatable bonds is 6. The smallest absolute Gasteiger partial charge is 0.340 e. The maximum Gasteiger partial charge on any atom is 0.340 e. The lowest BCUT2D eigenvalue weighted by molar-refractivity contribution is -0.0440. The van der Waals surface area contributed by atoms with Crippen LogP contribution in [0.15, 0.2) is 16.4 Å². The van der Waals surface area contributed by atoms with E-state index in [1.807, 2.05) is 0 Å². The topological polar surface area (TPSA) is 201 Å². The summed E-state index contributed by atoms with van der Waals surface area (Å²) in [6.45, 7) is -0.708. The van der Waals surface area contributed by atoms with E-state index in [0.717, 1.165) is 0 Å². The molecule has 0 spiro atoms. The Labute approximate surface area is 161 Å². The van der Waals surface area contributed by atoms with Crippen molar-refractivity contribution in [2.75, 3.05) is 24.8 Å².